The summed E-state index contributed by atoms with van der Waals surface area (Å²) >= 11 is 0. The quantitative estimate of drug-likeness (QED) is 0.302. The van der Waals surface area contributed by atoms with Gasteiger partial charge in [0.2, 0.25) is 0 Å². The molecule has 0 spiro atoms. The van der Waals surface area contributed by atoms with E-state index in [1.54, 1.807) is 7.11 Å². The number of pyridine rings is 1. The second-order valence-electron chi connectivity index (χ2n) is 9.07. The van der Waals surface area contributed by atoms with Crippen LogP contribution in [-0.4, -0.2) is 37.2 Å². The van der Waals surface area contributed by atoms with Gasteiger partial charge in [-0.1, -0.05) is 67.6 Å². The molecular formula is C29H30N6O2. The lowest BCUT2D eigenvalue weighted by Gasteiger charge is -2.30. The van der Waals surface area contributed by atoms with Crippen molar-refractivity contribution in [2.24, 2.45) is 0 Å². The molecular weight excluding hydrogens is 464 g/mol. The minimum atomic E-state index is -0.113. The minimum Gasteiger partial charge on any atom is -0.497 e. The highest BCUT2D eigenvalue weighted by molar-refractivity contribution is 5.80. The summed E-state index contributed by atoms with van der Waals surface area (Å²) in [6.45, 7) is 3.80. The molecule has 8 heteroatoms. The fourth-order valence-electron chi connectivity index (χ4n) is 4.71. The summed E-state index contributed by atoms with van der Waals surface area (Å²) in [6.07, 6.45) is 0.782. The number of rotatable bonds is 10. The second-order valence-corrected chi connectivity index (χ2v) is 9.07. The molecule has 1 N–H and O–H groups in total. The largest absolute Gasteiger partial charge is 0.497 e. The maximum Gasteiger partial charge on any atom is 0.252 e. The number of nitrogens with one attached hydrogen (secondary N) is 1. The molecule has 5 rings (SSSR count). The van der Waals surface area contributed by atoms with Crippen LogP contribution in [-0.2, 0) is 19.6 Å². The van der Waals surface area contributed by atoms with E-state index < -0.39 is 0 Å². The average molecular weight is 495 g/mol. The molecule has 1 atom stereocenters. The summed E-state index contributed by atoms with van der Waals surface area (Å²) in [4.78, 5) is 18.5. The van der Waals surface area contributed by atoms with Crippen LogP contribution in [0.5, 0.6) is 5.75 Å². The van der Waals surface area contributed by atoms with Crippen LogP contribution < -0.4 is 10.3 Å². The highest BCUT2D eigenvalue weighted by Gasteiger charge is 2.26. The first-order chi connectivity index (χ1) is 18.1. The van der Waals surface area contributed by atoms with E-state index >= 15 is 0 Å². The van der Waals surface area contributed by atoms with Crippen molar-refractivity contribution < 1.29 is 4.74 Å². The molecule has 2 aromatic heterocycles. The number of aromatic amines is 1. The topological polar surface area (TPSA) is 88.9 Å². The van der Waals surface area contributed by atoms with Gasteiger partial charge in [-0.15, -0.1) is 5.10 Å². The molecule has 3 aromatic carbocycles. The third-order valence-corrected chi connectivity index (χ3v) is 6.59. The molecule has 0 bridgehead atoms. The highest BCUT2D eigenvalue weighted by atomic mass is 16.5. The zero-order chi connectivity index (χ0) is 25.6. The molecule has 0 unspecified atom stereocenters. The van der Waals surface area contributed by atoms with Gasteiger partial charge < -0.3 is 9.72 Å². The van der Waals surface area contributed by atoms with E-state index in [1.807, 2.05) is 65.3 Å². The fraction of sp³-hybridized carbons (Fsp3) is 0.241. The van der Waals surface area contributed by atoms with Crippen molar-refractivity contribution in [2.45, 2.75) is 39.0 Å². The minimum absolute atomic E-state index is 0.0927. The Labute approximate surface area is 215 Å². The number of nitrogens with zero attached hydrogens (tertiary/aromatic N) is 5. The number of tetrazole rings is 1. The van der Waals surface area contributed by atoms with E-state index in [0.29, 0.717) is 30.9 Å². The van der Waals surface area contributed by atoms with Gasteiger partial charge in [0.1, 0.15) is 5.75 Å². The number of ether oxygens (including phenoxy) is 1. The summed E-state index contributed by atoms with van der Waals surface area (Å²) in [5.41, 5.74) is 3.61. The standard InChI is InChI=1S/C29H30N6O2/c1-3-27(28-31-32-33-35(28)19-22-12-8-5-9-13-22)34(18-21-10-6-4-7-11-21)20-24-16-23-14-15-25(37-2)17-26(23)30-29(24)36/h4-17,27H,3,18-20H2,1-2H3,(H,30,36)/t27-/m0/s1. The first-order valence-electron chi connectivity index (χ1n) is 12.4. The molecule has 0 aliphatic carbocycles. The van der Waals surface area contributed by atoms with Gasteiger partial charge in [-0.05, 0) is 51.6 Å². The number of fused-ring (bicyclic) bond motifs is 1. The lowest BCUT2D eigenvalue weighted by atomic mass is 10.1. The van der Waals surface area contributed by atoms with Gasteiger partial charge in [0.25, 0.3) is 5.56 Å². The van der Waals surface area contributed by atoms with Crippen LogP contribution in [0.3, 0.4) is 0 Å². The molecule has 5 aromatic rings. The third kappa shape index (κ3) is 5.59. The van der Waals surface area contributed by atoms with Crippen molar-refractivity contribution in [1.82, 2.24) is 30.1 Å². The van der Waals surface area contributed by atoms with Crippen LogP contribution in [0.4, 0.5) is 0 Å². The molecule has 2 heterocycles. The molecule has 188 valence electrons. The Morgan fingerprint density at radius 2 is 1.68 bits per heavy atom. The predicted octanol–water partition coefficient (Wildman–Crippen LogP) is 4.73. The third-order valence-electron chi connectivity index (χ3n) is 6.59. The molecule has 37 heavy (non-hydrogen) atoms. The monoisotopic (exact) mass is 494 g/mol. The van der Waals surface area contributed by atoms with Crippen LogP contribution in [0, 0.1) is 0 Å². The SMILES string of the molecule is CC[C@@H](c1nnnn1Cc1ccccc1)N(Cc1ccccc1)Cc1cc2ccc(OC)cc2[nH]c1=O. The maximum absolute atomic E-state index is 13.2. The Hall–Kier alpha value is -4.30. The van der Waals surface area contributed by atoms with Gasteiger partial charge in [0.15, 0.2) is 5.82 Å². The molecule has 0 aliphatic heterocycles. The van der Waals surface area contributed by atoms with Gasteiger partial charge in [-0.2, -0.15) is 0 Å². The number of hydrogen-bond acceptors (Lipinski definition) is 6. The Kier molecular flexibility index (Phi) is 7.37. The van der Waals surface area contributed by atoms with Gasteiger partial charge in [-0.25, -0.2) is 4.68 Å². The van der Waals surface area contributed by atoms with Gasteiger partial charge in [0, 0.05) is 24.7 Å². The van der Waals surface area contributed by atoms with E-state index in [0.717, 1.165) is 34.3 Å². The summed E-state index contributed by atoms with van der Waals surface area (Å²) in [5, 5.41) is 13.7. The van der Waals surface area contributed by atoms with E-state index in [9.17, 15) is 4.79 Å². The van der Waals surface area contributed by atoms with Crippen LogP contribution >= 0.6 is 0 Å². The zero-order valence-corrected chi connectivity index (χ0v) is 21.0. The van der Waals surface area contributed by atoms with Crippen molar-refractivity contribution in [1.29, 1.82) is 0 Å². The summed E-state index contributed by atoms with van der Waals surface area (Å²) in [7, 11) is 1.62. The van der Waals surface area contributed by atoms with Crippen LogP contribution in [0.15, 0.2) is 89.7 Å². The van der Waals surface area contributed by atoms with E-state index in [-0.39, 0.29) is 11.6 Å². The van der Waals surface area contributed by atoms with Crippen LogP contribution in [0.2, 0.25) is 0 Å². The predicted molar refractivity (Wildman–Crippen MR) is 143 cm³/mol. The van der Waals surface area contributed by atoms with Crippen LogP contribution in [0.1, 0.15) is 41.9 Å². The lowest BCUT2D eigenvalue weighted by Crippen LogP contribution is -2.32. The smallest absolute Gasteiger partial charge is 0.252 e. The van der Waals surface area contributed by atoms with E-state index in [2.05, 4.69) is 56.6 Å². The Balaban J connectivity index is 1.51. The summed E-state index contributed by atoms with van der Waals surface area (Å²) < 4.78 is 7.17. The Bertz CT molecular complexity index is 1510. The molecule has 8 nitrogen and oxygen atoms in total. The van der Waals surface area contributed by atoms with Crippen molar-refractivity contribution in [3.05, 3.63) is 118 Å². The van der Waals surface area contributed by atoms with Crippen molar-refractivity contribution in [2.75, 3.05) is 7.11 Å². The molecule has 0 amide bonds. The summed E-state index contributed by atoms with van der Waals surface area (Å²) in [6, 6.07) is 28.0. The first-order valence-corrected chi connectivity index (χ1v) is 12.4. The normalized spacial score (nSPS) is 12.2. The van der Waals surface area contributed by atoms with Crippen LogP contribution in [0.25, 0.3) is 10.9 Å². The Morgan fingerprint density at radius 3 is 2.38 bits per heavy atom. The summed E-state index contributed by atoms with van der Waals surface area (Å²) in [5.74, 6) is 1.49. The average Bonchev–Trinajstić information content (AvgIpc) is 3.38. The van der Waals surface area contributed by atoms with E-state index in [1.165, 1.54) is 0 Å². The zero-order valence-electron chi connectivity index (χ0n) is 21.0. The van der Waals surface area contributed by atoms with Crippen molar-refractivity contribution >= 4 is 10.9 Å². The van der Waals surface area contributed by atoms with Crippen molar-refractivity contribution in [3.63, 3.8) is 0 Å². The van der Waals surface area contributed by atoms with Crippen molar-refractivity contribution in [3.8, 4) is 5.75 Å². The molecule has 0 fully saturated rings. The fourth-order valence-corrected chi connectivity index (χ4v) is 4.71. The number of aromatic nitrogens is 5. The number of benzene rings is 3. The highest BCUT2D eigenvalue weighted by Crippen LogP contribution is 2.27. The first kappa shape index (κ1) is 24.4. The van der Waals surface area contributed by atoms with E-state index in [4.69, 9.17) is 4.74 Å². The molecule has 0 saturated heterocycles. The van der Waals surface area contributed by atoms with Gasteiger partial charge in [-0.3, -0.25) is 9.69 Å². The molecule has 0 saturated carbocycles. The van der Waals surface area contributed by atoms with Gasteiger partial charge >= 0.3 is 0 Å². The van der Waals surface area contributed by atoms with Gasteiger partial charge in [0.05, 0.1) is 25.2 Å². The Morgan fingerprint density at radius 1 is 0.946 bits per heavy atom. The maximum atomic E-state index is 13.2. The lowest BCUT2D eigenvalue weighted by molar-refractivity contribution is 0.161. The number of H-pyrrole nitrogens is 1. The molecule has 0 radical (unpaired) electrons. The number of methoxy groups -OCH3 is 1. The molecule has 0 aliphatic rings. The second kappa shape index (κ2) is 11.2. The number of hydrogen-bond donors (Lipinski definition) is 1.